The number of amides is 2. The highest BCUT2D eigenvalue weighted by Gasteiger charge is 2.32. The fourth-order valence-corrected chi connectivity index (χ4v) is 2.28. The fourth-order valence-electron chi connectivity index (χ4n) is 2.28. The second kappa shape index (κ2) is 5.23. The van der Waals surface area contributed by atoms with Gasteiger partial charge in [-0.25, -0.2) is 10.3 Å². The average Bonchev–Trinajstić information content (AvgIpc) is 2.82. The molecular formula is C12H18N2O3. The summed E-state index contributed by atoms with van der Waals surface area (Å²) in [4.78, 5) is 18.3. The Bertz CT molecular complexity index is 364. The van der Waals surface area contributed by atoms with Crippen LogP contribution in [0.15, 0.2) is 22.8 Å². The molecule has 1 fully saturated rings. The molecule has 94 valence electrons. The Morgan fingerprint density at radius 3 is 3.12 bits per heavy atom. The van der Waals surface area contributed by atoms with Crippen LogP contribution < -0.4 is 5.48 Å². The minimum Gasteiger partial charge on any atom is -0.467 e. The number of carbonyl (C=O) groups is 1. The highest BCUT2D eigenvalue weighted by molar-refractivity contribution is 5.73. The first-order valence-corrected chi connectivity index (χ1v) is 5.85. The minimum atomic E-state index is -0.208. The number of nitrogens with one attached hydrogen (secondary N) is 1. The number of urea groups is 1. The summed E-state index contributed by atoms with van der Waals surface area (Å²) in [5, 5.41) is 0. The smallest absolute Gasteiger partial charge is 0.341 e. The SMILES string of the molecule is CONC(=O)N1CC[C@H](C)C[C@H]1c1ccco1. The number of hydrogen-bond acceptors (Lipinski definition) is 3. The number of hydroxylamine groups is 1. The molecule has 0 aliphatic carbocycles. The van der Waals surface area contributed by atoms with E-state index < -0.39 is 0 Å². The first kappa shape index (κ1) is 12.0. The standard InChI is InChI=1S/C12H18N2O3/c1-9-5-6-14(12(15)13-16-2)10(8-9)11-4-3-7-17-11/h3-4,7,9-10H,5-6,8H2,1-2H3,(H,13,15)/t9-,10-/m0/s1. The molecule has 1 N–H and O–H groups in total. The van der Waals surface area contributed by atoms with Gasteiger partial charge in [0.05, 0.1) is 19.4 Å². The monoisotopic (exact) mass is 238 g/mol. The van der Waals surface area contributed by atoms with Crippen LogP contribution in [0, 0.1) is 5.92 Å². The number of likely N-dealkylation sites (tertiary alicyclic amines) is 1. The lowest BCUT2D eigenvalue weighted by Crippen LogP contribution is -2.45. The second-order valence-electron chi connectivity index (χ2n) is 4.47. The number of rotatable bonds is 2. The summed E-state index contributed by atoms with van der Waals surface area (Å²) in [5.41, 5.74) is 2.37. The number of furan rings is 1. The summed E-state index contributed by atoms with van der Waals surface area (Å²) in [6.07, 6.45) is 3.57. The molecule has 0 radical (unpaired) electrons. The molecule has 2 rings (SSSR count). The van der Waals surface area contributed by atoms with E-state index >= 15 is 0 Å². The lowest BCUT2D eigenvalue weighted by molar-refractivity contribution is 0.0594. The molecule has 0 unspecified atom stereocenters. The third-order valence-corrected chi connectivity index (χ3v) is 3.19. The van der Waals surface area contributed by atoms with Gasteiger partial charge in [0.25, 0.3) is 0 Å². The Kier molecular flexibility index (Phi) is 3.68. The van der Waals surface area contributed by atoms with Crippen molar-refractivity contribution in [2.45, 2.75) is 25.8 Å². The highest BCUT2D eigenvalue weighted by atomic mass is 16.6. The number of nitrogens with zero attached hydrogens (tertiary/aromatic N) is 1. The van der Waals surface area contributed by atoms with Gasteiger partial charge < -0.3 is 9.32 Å². The molecule has 0 aromatic carbocycles. The molecule has 0 saturated carbocycles. The van der Waals surface area contributed by atoms with E-state index in [1.54, 1.807) is 11.2 Å². The summed E-state index contributed by atoms with van der Waals surface area (Å²) in [6.45, 7) is 2.92. The minimum absolute atomic E-state index is 0.00361. The Hall–Kier alpha value is -1.49. The van der Waals surface area contributed by atoms with Crippen LogP contribution in [0.2, 0.25) is 0 Å². The van der Waals surface area contributed by atoms with E-state index in [0.717, 1.165) is 25.1 Å². The van der Waals surface area contributed by atoms with Crippen molar-refractivity contribution in [2.24, 2.45) is 5.92 Å². The van der Waals surface area contributed by atoms with Gasteiger partial charge in [-0.3, -0.25) is 4.84 Å². The molecule has 17 heavy (non-hydrogen) atoms. The lowest BCUT2D eigenvalue weighted by atomic mass is 9.91. The number of carbonyl (C=O) groups excluding carboxylic acids is 1. The number of piperidine rings is 1. The van der Waals surface area contributed by atoms with Gasteiger partial charge in [0.15, 0.2) is 0 Å². The topological polar surface area (TPSA) is 54.7 Å². The van der Waals surface area contributed by atoms with Crippen molar-refractivity contribution < 1.29 is 14.0 Å². The molecule has 2 heterocycles. The van der Waals surface area contributed by atoms with Crippen LogP contribution >= 0.6 is 0 Å². The van der Waals surface area contributed by atoms with E-state index in [1.165, 1.54) is 7.11 Å². The maximum Gasteiger partial charge on any atom is 0.341 e. The lowest BCUT2D eigenvalue weighted by Gasteiger charge is -2.36. The van der Waals surface area contributed by atoms with Crippen LogP contribution in [-0.2, 0) is 4.84 Å². The van der Waals surface area contributed by atoms with Gasteiger partial charge in [-0.15, -0.1) is 0 Å². The molecule has 5 heteroatoms. The van der Waals surface area contributed by atoms with Gasteiger partial charge in [0.2, 0.25) is 0 Å². The molecule has 1 aromatic rings. The zero-order valence-corrected chi connectivity index (χ0v) is 10.2. The van der Waals surface area contributed by atoms with Crippen molar-refractivity contribution in [3.8, 4) is 0 Å². The molecule has 2 amide bonds. The third kappa shape index (κ3) is 2.61. The summed E-state index contributed by atoms with van der Waals surface area (Å²) >= 11 is 0. The van der Waals surface area contributed by atoms with Crippen LogP contribution in [0.3, 0.4) is 0 Å². The molecular weight excluding hydrogens is 220 g/mol. The summed E-state index contributed by atoms with van der Waals surface area (Å²) in [6, 6.07) is 3.56. The van der Waals surface area contributed by atoms with Gasteiger partial charge in [-0.05, 0) is 30.9 Å². The van der Waals surface area contributed by atoms with Gasteiger partial charge in [-0.2, -0.15) is 0 Å². The van der Waals surface area contributed by atoms with Gasteiger partial charge in [0.1, 0.15) is 5.76 Å². The van der Waals surface area contributed by atoms with Gasteiger partial charge in [-0.1, -0.05) is 6.92 Å². The molecule has 1 aliphatic rings. The molecule has 2 atom stereocenters. The predicted octanol–water partition coefficient (Wildman–Crippen LogP) is 2.32. The molecule has 1 aromatic heterocycles. The Morgan fingerprint density at radius 1 is 1.65 bits per heavy atom. The van der Waals surface area contributed by atoms with Gasteiger partial charge in [0, 0.05) is 6.54 Å². The molecule has 0 bridgehead atoms. The average molecular weight is 238 g/mol. The summed E-state index contributed by atoms with van der Waals surface area (Å²) in [7, 11) is 1.44. The first-order valence-electron chi connectivity index (χ1n) is 5.85. The zero-order valence-electron chi connectivity index (χ0n) is 10.2. The van der Waals surface area contributed by atoms with Crippen molar-refractivity contribution in [1.82, 2.24) is 10.4 Å². The van der Waals surface area contributed by atoms with Crippen LogP contribution in [0.25, 0.3) is 0 Å². The molecule has 1 saturated heterocycles. The number of hydrogen-bond donors (Lipinski definition) is 1. The third-order valence-electron chi connectivity index (χ3n) is 3.19. The van der Waals surface area contributed by atoms with Crippen molar-refractivity contribution in [3.63, 3.8) is 0 Å². The highest BCUT2D eigenvalue weighted by Crippen LogP contribution is 2.34. The quantitative estimate of drug-likeness (QED) is 0.804. The second-order valence-corrected chi connectivity index (χ2v) is 4.47. The predicted molar refractivity (Wildman–Crippen MR) is 62.1 cm³/mol. The zero-order chi connectivity index (χ0) is 12.3. The molecule has 1 aliphatic heterocycles. The van der Waals surface area contributed by atoms with Gasteiger partial charge >= 0.3 is 6.03 Å². The Morgan fingerprint density at radius 2 is 2.47 bits per heavy atom. The fraction of sp³-hybridized carbons (Fsp3) is 0.583. The first-order chi connectivity index (χ1) is 8.22. The van der Waals surface area contributed by atoms with E-state index in [-0.39, 0.29) is 12.1 Å². The molecule has 0 spiro atoms. The van der Waals surface area contributed by atoms with E-state index in [9.17, 15) is 4.79 Å². The molecule has 5 nitrogen and oxygen atoms in total. The van der Waals surface area contributed by atoms with Crippen molar-refractivity contribution in [2.75, 3.05) is 13.7 Å². The Labute approximate surface area is 101 Å². The maximum absolute atomic E-state index is 11.9. The van der Waals surface area contributed by atoms with E-state index in [0.29, 0.717) is 5.92 Å². The van der Waals surface area contributed by atoms with Crippen LogP contribution in [0.4, 0.5) is 4.79 Å². The summed E-state index contributed by atoms with van der Waals surface area (Å²) in [5.74, 6) is 1.43. The van der Waals surface area contributed by atoms with E-state index in [1.807, 2.05) is 12.1 Å². The normalized spacial score (nSPS) is 24.7. The maximum atomic E-state index is 11.9. The van der Waals surface area contributed by atoms with Crippen molar-refractivity contribution >= 4 is 6.03 Å². The summed E-state index contributed by atoms with van der Waals surface area (Å²) < 4.78 is 5.42. The van der Waals surface area contributed by atoms with Crippen molar-refractivity contribution in [3.05, 3.63) is 24.2 Å². The van der Waals surface area contributed by atoms with Crippen LogP contribution in [-0.4, -0.2) is 24.6 Å². The van der Waals surface area contributed by atoms with Crippen molar-refractivity contribution in [1.29, 1.82) is 0 Å². The van der Waals surface area contributed by atoms with Crippen LogP contribution in [0.1, 0.15) is 31.6 Å². The van der Waals surface area contributed by atoms with Crippen LogP contribution in [0.5, 0.6) is 0 Å². The van der Waals surface area contributed by atoms with E-state index in [4.69, 9.17) is 4.42 Å². The Balaban J connectivity index is 2.14. The largest absolute Gasteiger partial charge is 0.467 e. The van der Waals surface area contributed by atoms with E-state index in [2.05, 4.69) is 17.2 Å².